The van der Waals surface area contributed by atoms with Crippen LogP contribution >= 0.6 is 0 Å². The van der Waals surface area contributed by atoms with Crippen molar-refractivity contribution in [3.8, 4) is 22.8 Å². The lowest BCUT2D eigenvalue weighted by molar-refractivity contribution is 0.0681. The number of carboxylic acids is 1. The third-order valence-electron chi connectivity index (χ3n) is 4.55. The fraction of sp³-hybridized carbons (Fsp3) is 0.412. The van der Waals surface area contributed by atoms with Crippen molar-refractivity contribution in [1.29, 1.82) is 0 Å². The molecule has 1 aromatic carbocycles. The quantitative estimate of drug-likeness (QED) is 0.867. The molecule has 0 aliphatic carbocycles. The number of sulfone groups is 1. The highest BCUT2D eigenvalue weighted by atomic mass is 32.2. The van der Waals surface area contributed by atoms with Gasteiger partial charge < -0.3 is 14.6 Å². The van der Waals surface area contributed by atoms with E-state index in [1.165, 1.54) is 10.7 Å². The van der Waals surface area contributed by atoms with Crippen LogP contribution in [0.15, 0.2) is 24.3 Å². The molecule has 0 bridgehead atoms. The fourth-order valence-electron chi connectivity index (χ4n) is 3.26. The van der Waals surface area contributed by atoms with E-state index in [4.69, 9.17) is 9.47 Å². The summed E-state index contributed by atoms with van der Waals surface area (Å²) in [5.74, 6) is 0.0640. The zero-order chi connectivity index (χ0) is 18.3. The maximum absolute atomic E-state index is 11.7. The Bertz CT molecular complexity index is 966. The Morgan fingerprint density at radius 1 is 1.19 bits per heavy atom. The van der Waals surface area contributed by atoms with Crippen LogP contribution in [0.1, 0.15) is 29.4 Å². The highest BCUT2D eigenvalue weighted by molar-refractivity contribution is 7.91. The molecule has 1 atom stereocenters. The molecule has 138 valence electrons. The van der Waals surface area contributed by atoms with Gasteiger partial charge in [0.2, 0.25) is 0 Å². The van der Waals surface area contributed by atoms with Gasteiger partial charge in [-0.3, -0.25) is 4.68 Å². The molecule has 1 saturated heterocycles. The molecule has 1 fully saturated rings. The average Bonchev–Trinajstić information content (AvgIpc) is 3.11. The number of fused-ring (bicyclic) bond motifs is 1. The van der Waals surface area contributed by atoms with Gasteiger partial charge in [0.25, 0.3) is 0 Å². The van der Waals surface area contributed by atoms with Gasteiger partial charge in [-0.15, -0.1) is 0 Å². The van der Waals surface area contributed by atoms with Gasteiger partial charge in [-0.1, -0.05) is 0 Å². The summed E-state index contributed by atoms with van der Waals surface area (Å²) in [6.07, 6.45) is 1.16. The second-order valence-corrected chi connectivity index (χ2v) is 8.66. The second-order valence-electron chi connectivity index (χ2n) is 6.43. The van der Waals surface area contributed by atoms with Crippen molar-refractivity contribution < 1.29 is 27.8 Å². The molecule has 3 heterocycles. The summed E-state index contributed by atoms with van der Waals surface area (Å²) in [6, 6.07) is 6.34. The number of hydrogen-bond acceptors (Lipinski definition) is 6. The maximum Gasteiger partial charge on any atom is 0.354 e. The van der Waals surface area contributed by atoms with Crippen molar-refractivity contribution in [2.75, 3.05) is 24.7 Å². The normalized spacial score (nSPS) is 21.3. The van der Waals surface area contributed by atoms with E-state index in [-0.39, 0.29) is 17.2 Å². The Kier molecular flexibility index (Phi) is 4.10. The number of aromatic nitrogens is 2. The van der Waals surface area contributed by atoms with Gasteiger partial charge in [-0.05, 0) is 30.7 Å². The van der Waals surface area contributed by atoms with E-state index in [2.05, 4.69) is 5.10 Å². The first-order valence-corrected chi connectivity index (χ1v) is 10.2. The Morgan fingerprint density at radius 2 is 1.96 bits per heavy atom. The van der Waals surface area contributed by atoms with E-state index >= 15 is 0 Å². The van der Waals surface area contributed by atoms with Crippen LogP contribution in [0, 0.1) is 0 Å². The number of ether oxygens (including phenoxy) is 2. The third-order valence-corrected chi connectivity index (χ3v) is 6.30. The van der Waals surface area contributed by atoms with Crippen molar-refractivity contribution in [1.82, 2.24) is 9.78 Å². The molecule has 4 rings (SSSR count). The van der Waals surface area contributed by atoms with Crippen LogP contribution in [0.3, 0.4) is 0 Å². The molecule has 1 unspecified atom stereocenters. The summed E-state index contributed by atoms with van der Waals surface area (Å²) in [7, 11) is -3.15. The minimum absolute atomic E-state index is 0.0192. The zero-order valence-corrected chi connectivity index (χ0v) is 14.7. The Morgan fingerprint density at radius 3 is 2.65 bits per heavy atom. The molecule has 1 N–H and O–H groups in total. The van der Waals surface area contributed by atoms with E-state index in [9.17, 15) is 18.3 Å². The molecular weight excluding hydrogens is 360 g/mol. The Hall–Kier alpha value is -2.55. The Balaban J connectivity index is 1.73. The summed E-state index contributed by atoms with van der Waals surface area (Å²) < 4.78 is 36.1. The van der Waals surface area contributed by atoms with Crippen LogP contribution in [0.4, 0.5) is 0 Å². The van der Waals surface area contributed by atoms with E-state index in [1.807, 2.05) is 0 Å². The molecule has 2 aliphatic heterocycles. The molecule has 0 amide bonds. The number of rotatable bonds is 3. The minimum Gasteiger partial charge on any atom is -0.490 e. The van der Waals surface area contributed by atoms with E-state index in [0.29, 0.717) is 42.4 Å². The number of carbonyl (C=O) groups is 1. The molecule has 0 spiro atoms. The highest BCUT2D eigenvalue weighted by Gasteiger charge is 2.32. The molecule has 9 heteroatoms. The third kappa shape index (κ3) is 3.14. The molecule has 8 nitrogen and oxygen atoms in total. The monoisotopic (exact) mass is 378 g/mol. The van der Waals surface area contributed by atoms with Crippen LogP contribution in [0.2, 0.25) is 0 Å². The van der Waals surface area contributed by atoms with Crippen LogP contribution in [-0.2, 0) is 9.84 Å². The van der Waals surface area contributed by atoms with Gasteiger partial charge in [0, 0.05) is 12.0 Å². The number of hydrogen-bond donors (Lipinski definition) is 1. The van der Waals surface area contributed by atoms with Gasteiger partial charge in [-0.25, -0.2) is 13.2 Å². The number of nitrogens with zero attached hydrogens (tertiary/aromatic N) is 2. The zero-order valence-electron chi connectivity index (χ0n) is 13.9. The first kappa shape index (κ1) is 16.9. The SMILES string of the molecule is O=C(O)c1cc(-c2ccc3c(c2)OCCCO3)nn1C1CCS(=O)(=O)C1. The molecule has 2 aliphatic rings. The number of benzene rings is 1. The molecule has 1 aromatic heterocycles. The predicted molar refractivity (Wildman–Crippen MR) is 92.5 cm³/mol. The van der Waals surface area contributed by atoms with Crippen LogP contribution in [0.5, 0.6) is 11.5 Å². The van der Waals surface area contributed by atoms with Gasteiger partial charge in [0.05, 0.1) is 36.5 Å². The van der Waals surface area contributed by atoms with E-state index in [0.717, 1.165) is 6.42 Å². The lowest BCUT2D eigenvalue weighted by Crippen LogP contribution is -2.17. The second kappa shape index (κ2) is 6.31. The van der Waals surface area contributed by atoms with E-state index in [1.54, 1.807) is 18.2 Å². The largest absolute Gasteiger partial charge is 0.490 e. The van der Waals surface area contributed by atoms with Crippen molar-refractivity contribution in [2.45, 2.75) is 18.9 Å². The number of aromatic carboxylic acids is 1. The molecule has 26 heavy (non-hydrogen) atoms. The van der Waals surface area contributed by atoms with Crippen LogP contribution in [0.25, 0.3) is 11.3 Å². The average molecular weight is 378 g/mol. The molecule has 0 saturated carbocycles. The number of carboxylic acid groups (broad SMARTS) is 1. The van der Waals surface area contributed by atoms with Gasteiger partial charge in [0.15, 0.2) is 21.3 Å². The lowest BCUT2D eigenvalue weighted by Gasteiger charge is -2.11. The van der Waals surface area contributed by atoms with Gasteiger partial charge in [0.1, 0.15) is 5.69 Å². The minimum atomic E-state index is -3.15. The van der Waals surface area contributed by atoms with Gasteiger partial charge >= 0.3 is 5.97 Å². The first-order valence-electron chi connectivity index (χ1n) is 8.36. The van der Waals surface area contributed by atoms with Crippen molar-refractivity contribution in [3.05, 3.63) is 30.0 Å². The van der Waals surface area contributed by atoms with Crippen LogP contribution < -0.4 is 9.47 Å². The van der Waals surface area contributed by atoms with Crippen LogP contribution in [-0.4, -0.2) is 54.0 Å². The highest BCUT2D eigenvalue weighted by Crippen LogP contribution is 2.35. The topological polar surface area (TPSA) is 108 Å². The fourth-order valence-corrected chi connectivity index (χ4v) is 4.96. The molecular formula is C17H18N2O6S. The van der Waals surface area contributed by atoms with Crippen molar-refractivity contribution >= 4 is 15.8 Å². The molecule has 2 aromatic rings. The smallest absolute Gasteiger partial charge is 0.354 e. The predicted octanol–water partition coefficient (Wildman–Crippen LogP) is 1.77. The maximum atomic E-state index is 11.7. The summed E-state index contributed by atoms with van der Waals surface area (Å²) >= 11 is 0. The van der Waals surface area contributed by atoms with Crippen molar-refractivity contribution in [3.63, 3.8) is 0 Å². The molecule has 0 radical (unpaired) electrons. The summed E-state index contributed by atoms with van der Waals surface area (Å²) in [5.41, 5.74) is 1.13. The summed E-state index contributed by atoms with van der Waals surface area (Å²) in [4.78, 5) is 11.6. The first-order chi connectivity index (χ1) is 12.4. The van der Waals surface area contributed by atoms with Gasteiger partial charge in [-0.2, -0.15) is 5.10 Å². The summed E-state index contributed by atoms with van der Waals surface area (Å²) in [6.45, 7) is 1.13. The van der Waals surface area contributed by atoms with E-state index < -0.39 is 21.8 Å². The van der Waals surface area contributed by atoms with Crippen molar-refractivity contribution in [2.24, 2.45) is 0 Å². The summed E-state index contributed by atoms with van der Waals surface area (Å²) in [5, 5.41) is 13.9. The lowest BCUT2D eigenvalue weighted by atomic mass is 10.1. The standard InChI is InChI=1S/C17H18N2O6S/c20-17(21)14-9-13(18-19(14)12-4-7-26(22,23)10-12)11-2-3-15-16(8-11)25-6-1-5-24-15/h2-3,8-9,12H,1,4-7,10H2,(H,20,21). The Labute approximate surface area is 150 Å².